The Hall–Kier alpha value is -1.37. The molecule has 0 unspecified atom stereocenters. The summed E-state index contributed by atoms with van der Waals surface area (Å²) in [6.45, 7) is 0.662. The molecule has 0 aliphatic heterocycles. The monoisotopic (exact) mass is 161 g/mol. The molecule has 1 aromatic carbocycles. The number of nitrogens with zero attached hydrogens (tertiary/aromatic N) is 2. The van der Waals surface area contributed by atoms with Gasteiger partial charge in [-0.05, 0) is 17.7 Å². The van der Waals surface area contributed by atoms with Gasteiger partial charge in [-0.15, -0.1) is 0 Å². The first-order valence-electron chi connectivity index (χ1n) is 3.67. The van der Waals surface area contributed by atoms with E-state index in [9.17, 15) is 0 Å². The molecule has 0 saturated heterocycles. The zero-order valence-electron chi connectivity index (χ0n) is 6.99. The molecule has 0 heterocycles. The fourth-order valence-electron chi connectivity index (χ4n) is 1.03. The van der Waals surface area contributed by atoms with E-state index in [1.807, 2.05) is 18.2 Å². The molecule has 0 bridgehead atoms. The number of hydrogen-bond acceptors (Lipinski definition) is 3. The van der Waals surface area contributed by atoms with E-state index in [4.69, 9.17) is 11.1 Å². The third kappa shape index (κ3) is 2.35. The quantitative estimate of drug-likeness (QED) is 0.517. The van der Waals surface area contributed by atoms with E-state index in [1.54, 1.807) is 18.1 Å². The Morgan fingerprint density at radius 1 is 1.58 bits per heavy atom. The summed E-state index contributed by atoms with van der Waals surface area (Å²) in [6.07, 6.45) is 0. The van der Waals surface area contributed by atoms with Gasteiger partial charge in [0.2, 0.25) is 0 Å². The van der Waals surface area contributed by atoms with Crippen molar-refractivity contribution in [3.63, 3.8) is 0 Å². The van der Waals surface area contributed by atoms with E-state index in [0.29, 0.717) is 12.1 Å². The van der Waals surface area contributed by atoms with Crippen LogP contribution >= 0.6 is 0 Å². The van der Waals surface area contributed by atoms with Crippen LogP contribution in [0.1, 0.15) is 11.1 Å². The summed E-state index contributed by atoms with van der Waals surface area (Å²) in [5.74, 6) is 5.47. The molecule has 0 fully saturated rings. The van der Waals surface area contributed by atoms with Gasteiger partial charge in [-0.25, -0.2) is 5.01 Å². The summed E-state index contributed by atoms with van der Waals surface area (Å²) in [4.78, 5) is 0. The molecule has 0 saturated carbocycles. The molecule has 0 aliphatic rings. The second kappa shape index (κ2) is 3.86. The van der Waals surface area contributed by atoms with Gasteiger partial charge in [0.15, 0.2) is 0 Å². The van der Waals surface area contributed by atoms with E-state index >= 15 is 0 Å². The molecule has 2 N–H and O–H groups in total. The lowest BCUT2D eigenvalue weighted by Gasteiger charge is -2.08. The molecular weight excluding hydrogens is 150 g/mol. The van der Waals surface area contributed by atoms with Gasteiger partial charge in [0.05, 0.1) is 11.6 Å². The Bertz CT molecular complexity index is 299. The van der Waals surface area contributed by atoms with E-state index in [2.05, 4.69) is 6.07 Å². The van der Waals surface area contributed by atoms with Gasteiger partial charge < -0.3 is 0 Å². The van der Waals surface area contributed by atoms with Crippen LogP contribution < -0.4 is 5.84 Å². The molecule has 12 heavy (non-hydrogen) atoms. The van der Waals surface area contributed by atoms with Crippen molar-refractivity contribution in [3.8, 4) is 6.07 Å². The van der Waals surface area contributed by atoms with Crippen molar-refractivity contribution in [1.82, 2.24) is 5.01 Å². The van der Waals surface area contributed by atoms with Gasteiger partial charge in [0.25, 0.3) is 0 Å². The zero-order chi connectivity index (χ0) is 8.97. The summed E-state index contributed by atoms with van der Waals surface area (Å²) in [6, 6.07) is 9.50. The Morgan fingerprint density at radius 2 is 2.33 bits per heavy atom. The average Bonchev–Trinajstić information content (AvgIpc) is 2.03. The summed E-state index contributed by atoms with van der Waals surface area (Å²) in [5, 5.41) is 10.2. The van der Waals surface area contributed by atoms with Gasteiger partial charge in [-0.2, -0.15) is 5.26 Å². The fourth-order valence-corrected chi connectivity index (χ4v) is 1.03. The maximum atomic E-state index is 8.60. The Kier molecular flexibility index (Phi) is 2.81. The van der Waals surface area contributed by atoms with Crippen LogP contribution in [0.4, 0.5) is 0 Å². The number of hydrazine groups is 1. The minimum Gasteiger partial charge on any atom is -0.269 e. The lowest BCUT2D eigenvalue weighted by atomic mass is 10.1. The highest BCUT2D eigenvalue weighted by Crippen LogP contribution is 2.04. The normalized spacial score (nSPS) is 9.83. The van der Waals surface area contributed by atoms with Crippen LogP contribution in [0.3, 0.4) is 0 Å². The molecule has 0 atom stereocenters. The number of nitrogens with two attached hydrogens (primary N) is 1. The van der Waals surface area contributed by atoms with Crippen LogP contribution in [0.25, 0.3) is 0 Å². The Labute approximate surface area is 72.0 Å². The smallest absolute Gasteiger partial charge is 0.0991 e. The molecule has 62 valence electrons. The third-order valence-electron chi connectivity index (χ3n) is 1.49. The lowest BCUT2D eigenvalue weighted by molar-refractivity contribution is 0.341. The summed E-state index contributed by atoms with van der Waals surface area (Å²) >= 11 is 0. The first kappa shape index (κ1) is 8.72. The predicted octanol–water partition coefficient (Wildman–Crippen LogP) is 0.864. The molecular formula is C9H11N3. The minimum atomic E-state index is 0.662. The Balaban J connectivity index is 2.81. The van der Waals surface area contributed by atoms with Gasteiger partial charge in [0.1, 0.15) is 0 Å². The molecule has 0 radical (unpaired) electrons. The highest BCUT2D eigenvalue weighted by atomic mass is 15.4. The van der Waals surface area contributed by atoms with E-state index in [0.717, 1.165) is 5.56 Å². The van der Waals surface area contributed by atoms with Crippen LogP contribution in [-0.4, -0.2) is 12.1 Å². The van der Waals surface area contributed by atoms with Crippen LogP contribution in [0.2, 0.25) is 0 Å². The molecule has 1 aromatic rings. The van der Waals surface area contributed by atoms with Crippen LogP contribution in [-0.2, 0) is 6.54 Å². The largest absolute Gasteiger partial charge is 0.269 e. The molecule has 1 rings (SSSR count). The Morgan fingerprint density at radius 3 is 2.92 bits per heavy atom. The lowest BCUT2D eigenvalue weighted by Crippen LogP contribution is -2.24. The molecule has 3 heteroatoms. The molecule has 0 spiro atoms. The summed E-state index contributed by atoms with van der Waals surface area (Å²) in [5.41, 5.74) is 1.73. The van der Waals surface area contributed by atoms with Gasteiger partial charge in [-0.3, -0.25) is 5.84 Å². The fraction of sp³-hybridized carbons (Fsp3) is 0.222. The first-order chi connectivity index (χ1) is 5.72. The highest BCUT2D eigenvalue weighted by Gasteiger charge is 1.95. The number of nitriles is 1. The van der Waals surface area contributed by atoms with Crippen molar-refractivity contribution in [2.75, 3.05) is 7.05 Å². The van der Waals surface area contributed by atoms with Crippen LogP contribution in [0.5, 0.6) is 0 Å². The van der Waals surface area contributed by atoms with Crippen molar-refractivity contribution in [1.29, 1.82) is 5.26 Å². The van der Waals surface area contributed by atoms with Crippen molar-refractivity contribution >= 4 is 0 Å². The topological polar surface area (TPSA) is 53.0 Å². The molecule has 0 aromatic heterocycles. The maximum Gasteiger partial charge on any atom is 0.0991 e. The number of hydrogen-bond donors (Lipinski definition) is 1. The SMILES string of the molecule is CN(N)Cc1cccc(C#N)c1. The van der Waals surface area contributed by atoms with E-state index < -0.39 is 0 Å². The predicted molar refractivity (Wildman–Crippen MR) is 46.8 cm³/mol. The van der Waals surface area contributed by atoms with Crippen molar-refractivity contribution < 1.29 is 0 Å². The summed E-state index contributed by atoms with van der Waals surface area (Å²) < 4.78 is 0. The van der Waals surface area contributed by atoms with Gasteiger partial charge in [-0.1, -0.05) is 12.1 Å². The zero-order valence-corrected chi connectivity index (χ0v) is 6.99. The standard InChI is InChI=1S/C9H11N3/c1-12(11)7-9-4-2-3-8(5-9)6-10/h2-5H,7,11H2,1H3. The van der Waals surface area contributed by atoms with E-state index in [-0.39, 0.29) is 0 Å². The maximum absolute atomic E-state index is 8.60. The minimum absolute atomic E-state index is 0.662. The second-order valence-electron chi connectivity index (χ2n) is 2.73. The third-order valence-corrected chi connectivity index (χ3v) is 1.49. The summed E-state index contributed by atoms with van der Waals surface area (Å²) in [7, 11) is 1.79. The average molecular weight is 161 g/mol. The van der Waals surface area contributed by atoms with Crippen LogP contribution in [0.15, 0.2) is 24.3 Å². The van der Waals surface area contributed by atoms with Crippen molar-refractivity contribution in [3.05, 3.63) is 35.4 Å². The molecule has 3 nitrogen and oxygen atoms in total. The first-order valence-corrected chi connectivity index (χ1v) is 3.67. The van der Waals surface area contributed by atoms with Crippen molar-refractivity contribution in [2.45, 2.75) is 6.54 Å². The highest BCUT2D eigenvalue weighted by molar-refractivity contribution is 5.32. The number of rotatable bonds is 2. The second-order valence-corrected chi connectivity index (χ2v) is 2.73. The molecule has 0 aliphatic carbocycles. The van der Waals surface area contributed by atoms with Crippen molar-refractivity contribution in [2.24, 2.45) is 5.84 Å². The number of benzene rings is 1. The van der Waals surface area contributed by atoms with Crippen LogP contribution in [0, 0.1) is 11.3 Å². The molecule has 0 amide bonds. The van der Waals surface area contributed by atoms with Gasteiger partial charge in [0, 0.05) is 13.6 Å². The van der Waals surface area contributed by atoms with Gasteiger partial charge >= 0.3 is 0 Å². The van der Waals surface area contributed by atoms with E-state index in [1.165, 1.54) is 0 Å².